The van der Waals surface area contributed by atoms with Gasteiger partial charge < -0.3 is 0 Å². The molecular weight excluding hydrogens is 168 g/mol. The van der Waals surface area contributed by atoms with E-state index < -0.39 is 10.9 Å². The zero-order valence-electron chi connectivity index (χ0n) is 6.40. The van der Waals surface area contributed by atoms with Crippen LogP contribution in [-0.2, 0) is 10.9 Å². The fourth-order valence-corrected chi connectivity index (χ4v) is 1.97. The van der Waals surface area contributed by atoms with Crippen LogP contribution in [0.5, 0.6) is 0 Å². The van der Waals surface area contributed by atoms with Gasteiger partial charge in [-0.05, 0) is 17.7 Å². The van der Waals surface area contributed by atoms with E-state index >= 15 is 0 Å². The van der Waals surface area contributed by atoms with Gasteiger partial charge in [-0.25, -0.2) is 4.40 Å². The fraction of sp³-hybridized carbons (Fsp3) is 0. The first-order chi connectivity index (χ1) is 5.88. The molecule has 1 N–H and O–H groups in total. The summed E-state index contributed by atoms with van der Waals surface area (Å²) in [5.74, 6) is 0. The molecule has 0 amide bonds. The molecule has 0 saturated heterocycles. The van der Waals surface area contributed by atoms with Crippen LogP contribution in [-0.4, -0.2) is 6.21 Å². The van der Waals surface area contributed by atoms with Crippen molar-refractivity contribution in [2.24, 2.45) is 4.40 Å². The first kappa shape index (κ1) is 7.43. The molecule has 2 nitrogen and oxygen atoms in total. The molecule has 1 aromatic rings. The van der Waals surface area contributed by atoms with E-state index in [1.807, 2.05) is 36.4 Å². The van der Waals surface area contributed by atoms with E-state index in [4.69, 9.17) is 4.78 Å². The predicted molar refractivity (Wildman–Crippen MR) is 52.3 cm³/mol. The van der Waals surface area contributed by atoms with Crippen LogP contribution in [0.4, 0.5) is 0 Å². The molecule has 0 saturated carbocycles. The Kier molecular flexibility index (Phi) is 1.87. The lowest BCUT2D eigenvalue weighted by Crippen LogP contribution is -1.86. The third kappa shape index (κ3) is 1.23. The number of hydrogen-bond donors (Lipinski definition) is 1. The summed E-state index contributed by atoms with van der Waals surface area (Å²) in [4.78, 5) is 1.00. The maximum Gasteiger partial charge on any atom is 0.0475 e. The van der Waals surface area contributed by atoms with Crippen molar-refractivity contribution in [2.45, 2.75) is 4.90 Å². The molecule has 3 heteroatoms. The summed E-state index contributed by atoms with van der Waals surface area (Å²) in [6.45, 7) is 0. The van der Waals surface area contributed by atoms with Crippen molar-refractivity contribution in [3.05, 3.63) is 35.9 Å². The van der Waals surface area contributed by atoms with Gasteiger partial charge in [0.25, 0.3) is 0 Å². The highest BCUT2D eigenvalue weighted by molar-refractivity contribution is 7.85. The summed E-state index contributed by atoms with van der Waals surface area (Å²) in [6, 6.07) is 7.89. The Hall–Kier alpha value is -1.22. The number of nitrogens with zero attached hydrogens (tertiary/aromatic N) is 1. The fourth-order valence-electron chi connectivity index (χ4n) is 1.09. The zero-order valence-corrected chi connectivity index (χ0v) is 7.21. The third-order valence-corrected chi connectivity index (χ3v) is 2.78. The molecule has 2 rings (SSSR count). The molecule has 0 bridgehead atoms. The van der Waals surface area contributed by atoms with Crippen LogP contribution >= 0.6 is 0 Å². The average Bonchev–Trinajstić information content (AvgIpc) is 2.29. The molecule has 12 heavy (non-hydrogen) atoms. The van der Waals surface area contributed by atoms with Crippen LogP contribution in [0.3, 0.4) is 0 Å². The first-order valence-corrected chi connectivity index (χ1v) is 4.81. The Morgan fingerprint density at radius 1 is 1.25 bits per heavy atom. The van der Waals surface area contributed by atoms with E-state index in [1.165, 1.54) is 0 Å². The first-order valence-electron chi connectivity index (χ1n) is 3.63. The molecule has 1 aliphatic rings. The Labute approximate surface area is 73.7 Å². The third-order valence-electron chi connectivity index (χ3n) is 1.66. The van der Waals surface area contributed by atoms with E-state index in [9.17, 15) is 0 Å². The minimum atomic E-state index is -0.726. The van der Waals surface area contributed by atoms with Crippen LogP contribution in [0.25, 0.3) is 6.08 Å². The van der Waals surface area contributed by atoms with Crippen molar-refractivity contribution in [3.8, 4) is 0 Å². The van der Waals surface area contributed by atoms with Crippen molar-refractivity contribution in [2.75, 3.05) is 0 Å². The topological polar surface area (TPSA) is 36.2 Å². The monoisotopic (exact) mass is 176 g/mol. The van der Waals surface area contributed by atoms with Gasteiger partial charge in [-0.1, -0.05) is 24.3 Å². The van der Waals surface area contributed by atoms with Gasteiger partial charge in [0.1, 0.15) is 0 Å². The summed E-state index contributed by atoms with van der Waals surface area (Å²) >= 11 is 0. The minimum absolute atomic E-state index is 0.726. The van der Waals surface area contributed by atoms with Gasteiger partial charge in [0.15, 0.2) is 0 Å². The molecular formula is C9H8N2S. The number of rotatable bonds is 0. The van der Waals surface area contributed by atoms with Gasteiger partial charge in [0.2, 0.25) is 0 Å². The molecule has 60 valence electrons. The molecule has 0 fully saturated rings. The van der Waals surface area contributed by atoms with Gasteiger partial charge in [-0.15, -0.1) is 0 Å². The second-order valence-electron chi connectivity index (χ2n) is 2.44. The summed E-state index contributed by atoms with van der Waals surface area (Å²) in [7, 11) is -0.726. The van der Waals surface area contributed by atoms with E-state index in [0.717, 1.165) is 10.5 Å². The lowest BCUT2D eigenvalue weighted by atomic mass is 10.2. The predicted octanol–water partition coefficient (Wildman–Crippen LogP) is 2.44. The molecule has 0 aromatic heterocycles. The van der Waals surface area contributed by atoms with Gasteiger partial charge in [0, 0.05) is 22.0 Å². The summed E-state index contributed by atoms with van der Waals surface area (Å²) in [5.41, 5.74) is 1.10. The van der Waals surface area contributed by atoms with Crippen LogP contribution in [0.2, 0.25) is 0 Å². The maximum atomic E-state index is 7.68. The maximum absolute atomic E-state index is 7.68. The molecule has 0 aliphatic carbocycles. The van der Waals surface area contributed by atoms with Crippen LogP contribution in [0.1, 0.15) is 5.56 Å². The van der Waals surface area contributed by atoms with Crippen molar-refractivity contribution < 1.29 is 0 Å². The number of benzene rings is 1. The van der Waals surface area contributed by atoms with Crippen LogP contribution in [0.15, 0.2) is 39.6 Å². The molecule has 0 spiro atoms. The van der Waals surface area contributed by atoms with Gasteiger partial charge in [-0.3, -0.25) is 4.78 Å². The Morgan fingerprint density at radius 3 is 3.00 bits per heavy atom. The van der Waals surface area contributed by atoms with E-state index in [1.54, 1.807) is 6.21 Å². The minimum Gasteiger partial charge on any atom is -0.255 e. The molecule has 0 radical (unpaired) electrons. The highest BCUT2D eigenvalue weighted by Gasteiger charge is 2.03. The number of allylic oxidation sites excluding steroid dienone is 1. The number of hydrogen-bond acceptors (Lipinski definition) is 1. The molecule has 1 aromatic carbocycles. The van der Waals surface area contributed by atoms with Gasteiger partial charge in [-0.2, -0.15) is 0 Å². The Bertz CT molecular complexity index is 380. The van der Waals surface area contributed by atoms with Crippen molar-refractivity contribution in [1.29, 1.82) is 4.78 Å². The van der Waals surface area contributed by atoms with Gasteiger partial charge >= 0.3 is 0 Å². The number of nitrogens with one attached hydrogen (secondary N) is 1. The summed E-state index contributed by atoms with van der Waals surface area (Å²) < 4.78 is 11.7. The van der Waals surface area contributed by atoms with E-state index in [0.29, 0.717) is 0 Å². The Balaban J connectivity index is 2.64. The lowest BCUT2D eigenvalue weighted by molar-refractivity contribution is 1.39. The molecule has 1 aliphatic heterocycles. The highest BCUT2D eigenvalue weighted by Crippen LogP contribution is 2.17. The van der Waals surface area contributed by atoms with E-state index in [2.05, 4.69) is 4.40 Å². The second-order valence-corrected chi connectivity index (χ2v) is 3.66. The SMILES string of the molecule is N=S1N=CC=Cc2ccccc21. The average molecular weight is 176 g/mol. The Morgan fingerprint density at radius 2 is 2.08 bits per heavy atom. The quantitative estimate of drug-likeness (QED) is 0.630. The van der Waals surface area contributed by atoms with Crippen molar-refractivity contribution in [1.82, 2.24) is 0 Å². The molecule has 1 atom stereocenters. The smallest absolute Gasteiger partial charge is 0.0475 e. The largest absolute Gasteiger partial charge is 0.255 e. The number of fused-ring (bicyclic) bond motifs is 1. The summed E-state index contributed by atoms with van der Waals surface area (Å²) in [6.07, 6.45) is 5.55. The lowest BCUT2D eigenvalue weighted by Gasteiger charge is -2.01. The normalized spacial score (nSPS) is 20.2. The second kappa shape index (κ2) is 3.03. The van der Waals surface area contributed by atoms with E-state index in [-0.39, 0.29) is 0 Å². The highest BCUT2D eigenvalue weighted by atomic mass is 32.2. The van der Waals surface area contributed by atoms with Crippen LogP contribution < -0.4 is 0 Å². The standard InChI is InChI=1S/C9H8N2S/c10-12-9-6-2-1-4-8(9)5-3-7-11-12/h1-7,10H. The van der Waals surface area contributed by atoms with Crippen molar-refractivity contribution >= 4 is 23.2 Å². The van der Waals surface area contributed by atoms with Crippen molar-refractivity contribution in [3.63, 3.8) is 0 Å². The molecule has 1 heterocycles. The van der Waals surface area contributed by atoms with Gasteiger partial charge in [0.05, 0.1) is 0 Å². The van der Waals surface area contributed by atoms with Crippen LogP contribution in [0, 0.1) is 4.78 Å². The molecule has 1 unspecified atom stereocenters. The summed E-state index contributed by atoms with van der Waals surface area (Å²) in [5, 5.41) is 0. The zero-order chi connectivity index (χ0) is 8.39.